The summed E-state index contributed by atoms with van der Waals surface area (Å²) in [6.45, 7) is 0. The molecule has 1 fully saturated rings. The Hall–Kier alpha value is -0.190. The molecule has 4 heteroatoms. The van der Waals surface area contributed by atoms with E-state index in [1.165, 1.54) is 0 Å². The van der Waals surface area contributed by atoms with Gasteiger partial charge >= 0.3 is 0 Å². The number of nitrogens with one attached hydrogen (secondary N) is 1. The van der Waals surface area contributed by atoms with Gasteiger partial charge in [-0.3, -0.25) is 0 Å². The molecule has 3 atom stereocenters. The molecule has 62 valence electrons. The lowest BCUT2D eigenvalue weighted by Crippen LogP contribution is -2.33. The predicted octanol–water partition coefficient (Wildman–Crippen LogP) is 0.616. The summed E-state index contributed by atoms with van der Waals surface area (Å²) in [7, 11) is 0. The maximum Gasteiger partial charge on any atom is 0.182 e. The van der Waals surface area contributed by atoms with Crippen molar-refractivity contribution < 1.29 is 8.76 Å². The first-order valence-electron chi connectivity index (χ1n) is 3.83. The SMILES string of the molecule is O=S(O)C1=CC2CCC(C1)N2. The fraction of sp³-hybridized carbons (Fsp3) is 0.714. The van der Waals surface area contributed by atoms with Crippen molar-refractivity contribution in [2.75, 3.05) is 0 Å². The smallest absolute Gasteiger partial charge is 0.182 e. The second-order valence-electron chi connectivity index (χ2n) is 3.13. The molecule has 2 rings (SSSR count). The summed E-state index contributed by atoms with van der Waals surface area (Å²) in [6, 6.07) is 0.816. The van der Waals surface area contributed by atoms with E-state index in [0.717, 1.165) is 19.3 Å². The predicted molar refractivity (Wildman–Crippen MR) is 43.4 cm³/mol. The maximum absolute atomic E-state index is 10.7. The van der Waals surface area contributed by atoms with Gasteiger partial charge in [-0.1, -0.05) is 6.08 Å². The van der Waals surface area contributed by atoms with E-state index in [4.69, 9.17) is 4.55 Å². The molecule has 2 aliphatic heterocycles. The van der Waals surface area contributed by atoms with Crippen LogP contribution in [0.1, 0.15) is 19.3 Å². The van der Waals surface area contributed by atoms with Gasteiger partial charge in [0, 0.05) is 17.0 Å². The van der Waals surface area contributed by atoms with E-state index in [1.807, 2.05) is 6.08 Å². The van der Waals surface area contributed by atoms with Crippen LogP contribution >= 0.6 is 0 Å². The monoisotopic (exact) mass is 173 g/mol. The Bertz CT molecular complexity index is 226. The fourth-order valence-electron chi connectivity index (χ4n) is 1.81. The Morgan fingerprint density at radius 1 is 1.64 bits per heavy atom. The van der Waals surface area contributed by atoms with Gasteiger partial charge in [-0.2, -0.15) is 0 Å². The van der Waals surface area contributed by atoms with Crippen LogP contribution in [0.15, 0.2) is 11.0 Å². The van der Waals surface area contributed by atoms with Crippen molar-refractivity contribution in [2.24, 2.45) is 0 Å². The second-order valence-corrected chi connectivity index (χ2v) is 4.16. The van der Waals surface area contributed by atoms with E-state index in [2.05, 4.69) is 5.32 Å². The Labute approximate surface area is 68.2 Å². The van der Waals surface area contributed by atoms with Crippen LogP contribution in [-0.4, -0.2) is 20.8 Å². The molecule has 0 aromatic rings. The van der Waals surface area contributed by atoms with Crippen molar-refractivity contribution in [3.8, 4) is 0 Å². The van der Waals surface area contributed by atoms with Gasteiger partial charge in [0.15, 0.2) is 11.1 Å². The average Bonchev–Trinajstić information content (AvgIpc) is 2.30. The molecule has 0 amide bonds. The number of hydrogen-bond acceptors (Lipinski definition) is 2. The third-order valence-electron chi connectivity index (χ3n) is 2.33. The minimum Gasteiger partial charge on any atom is -0.307 e. The highest BCUT2D eigenvalue weighted by Gasteiger charge is 2.29. The zero-order chi connectivity index (χ0) is 7.84. The maximum atomic E-state index is 10.7. The molecular weight excluding hydrogens is 162 g/mol. The van der Waals surface area contributed by atoms with Crippen LogP contribution in [0, 0.1) is 0 Å². The van der Waals surface area contributed by atoms with Gasteiger partial charge in [-0.05, 0) is 19.3 Å². The first kappa shape index (κ1) is 7.46. The molecule has 0 saturated carbocycles. The first-order chi connectivity index (χ1) is 5.25. The third kappa shape index (κ3) is 1.38. The molecule has 3 nitrogen and oxygen atoms in total. The summed E-state index contributed by atoms with van der Waals surface area (Å²) in [5, 5.41) is 3.35. The number of fused-ring (bicyclic) bond motifs is 2. The molecule has 2 N–H and O–H groups in total. The topological polar surface area (TPSA) is 49.3 Å². The number of rotatable bonds is 1. The lowest BCUT2D eigenvalue weighted by atomic mass is 10.2. The van der Waals surface area contributed by atoms with Crippen LogP contribution in [0.2, 0.25) is 0 Å². The largest absolute Gasteiger partial charge is 0.307 e. The van der Waals surface area contributed by atoms with Gasteiger partial charge in [0.2, 0.25) is 0 Å². The second kappa shape index (κ2) is 2.69. The van der Waals surface area contributed by atoms with Gasteiger partial charge in [-0.15, -0.1) is 0 Å². The van der Waals surface area contributed by atoms with Crippen LogP contribution in [0.5, 0.6) is 0 Å². The summed E-state index contributed by atoms with van der Waals surface area (Å²) in [5.41, 5.74) is 0. The summed E-state index contributed by atoms with van der Waals surface area (Å²) in [6.07, 6.45) is 4.91. The van der Waals surface area contributed by atoms with Crippen LogP contribution in [-0.2, 0) is 11.1 Å². The normalized spacial score (nSPS) is 38.5. The molecule has 11 heavy (non-hydrogen) atoms. The Kier molecular flexibility index (Phi) is 1.83. The van der Waals surface area contributed by atoms with Crippen LogP contribution in [0.25, 0.3) is 0 Å². The van der Waals surface area contributed by atoms with Gasteiger partial charge in [-0.25, -0.2) is 4.21 Å². The van der Waals surface area contributed by atoms with E-state index < -0.39 is 11.1 Å². The lowest BCUT2D eigenvalue weighted by Gasteiger charge is -2.18. The van der Waals surface area contributed by atoms with Gasteiger partial charge < -0.3 is 9.87 Å². The molecular formula is C7H11NO2S. The lowest BCUT2D eigenvalue weighted by molar-refractivity contribution is 0.536. The van der Waals surface area contributed by atoms with Crippen LogP contribution < -0.4 is 5.32 Å². The molecule has 0 radical (unpaired) electrons. The Balaban J connectivity index is 2.19. The van der Waals surface area contributed by atoms with E-state index >= 15 is 0 Å². The first-order valence-corrected chi connectivity index (χ1v) is 4.94. The Morgan fingerprint density at radius 3 is 3.09 bits per heavy atom. The summed E-state index contributed by atoms with van der Waals surface area (Å²) in [5.74, 6) is 0. The van der Waals surface area contributed by atoms with Crippen molar-refractivity contribution >= 4 is 11.1 Å². The third-order valence-corrected chi connectivity index (χ3v) is 3.09. The molecule has 0 aromatic carbocycles. The highest BCUT2D eigenvalue weighted by molar-refractivity contribution is 7.83. The van der Waals surface area contributed by atoms with Crippen LogP contribution in [0.4, 0.5) is 0 Å². The fourth-order valence-corrected chi connectivity index (χ4v) is 2.43. The molecule has 2 bridgehead atoms. The Morgan fingerprint density at radius 2 is 2.45 bits per heavy atom. The highest BCUT2D eigenvalue weighted by atomic mass is 32.2. The molecule has 0 aromatic heterocycles. The molecule has 3 unspecified atom stereocenters. The van der Waals surface area contributed by atoms with Gasteiger partial charge in [0.25, 0.3) is 0 Å². The van der Waals surface area contributed by atoms with Gasteiger partial charge in [0.1, 0.15) is 0 Å². The highest BCUT2D eigenvalue weighted by Crippen LogP contribution is 2.26. The molecule has 1 saturated heterocycles. The van der Waals surface area contributed by atoms with Crippen molar-refractivity contribution in [3.05, 3.63) is 11.0 Å². The molecule has 0 spiro atoms. The van der Waals surface area contributed by atoms with E-state index in [1.54, 1.807) is 0 Å². The molecule has 2 heterocycles. The minimum absolute atomic E-state index is 0.361. The zero-order valence-electron chi connectivity index (χ0n) is 6.12. The standard InChI is InChI=1S/C7H11NO2S/c9-11(10)7-3-5-1-2-6(4-7)8-5/h3,5-6,8H,1-2,4H2,(H,9,10). The summed E-state index contributed by atoms with van der Waals surface area (Å²) >= 11 is -1.73. The van der Waals surface area contributed by atoms with Crippen molar-refractivity contribution in [1.82, 2.24) is 5.32 Å². The van der Waals surface area contributed by atoms with Gasteiger partial charge in [0.05, 0.1) is 0 Å². The van der Waals surface area contributed by atoms with Crippen LogP contribution in [0.3, 0.4) is 0 Å². The van der Waals surface area contributed by atoms with E-state index in [0.29, 0.717) is 17.0 Å². The molecule has 2 aliphatic rings. The number of hydrogen-bond donors (Lipinski definition) is 2. The van der Waals surface area contributed by atoms with E-state index in [9.17, 15) is 4.21 Å². The van der Waals surface area contributed by atoms with Crippen molar-refractivity contribution in [3.63, 3.8) is 0 Å². The summed E-state index contributed by atoms with van der Waals surface area (Å²) in [4.78, 5) is 0.705. The summed E-state index contributed by atoms with van der Waals surface area (Å²) < 4.78 is 19.5. The van der Waals surface area contributed by atoms with Crippen molar-refractivity contribution in [2.45, 2.75) is 31.3 Å². The minimum atomic E-state index is -1.73. The van der Waals surface area contributed by atoms with E-state index in [-0.39, 0.29) is 0 Å². The van der Waals surface area contributed by atoms with Crippen molar-refractivity contribution in [1.29, 1.82) is 0 Å². The molecule has 0 aliphatic carbocycles. The average molecular weight is 173 g/mol. The zero-order valence-corrected chi connectivity index (χ0v) is 6.93. The quantitative estimate of drug-likeness (QED) is 0.571.